The molecule has 0 aliphatic carbocycles. The van der Waals surface area contributed by atoms with Crippen LogP contribution in [0, 0.1) is 17.2 Å². The maximum absolute atomic E-state index is 13.5. The van der Waals surface area contributed by atoms with E-state index in [1.54, 1.807) is 36.7 Å². The van der Waals surface area contributed by atoms with Crippen LogP contribution in [0.15, 0.2) is 59.3 Å². The number of aromatic nitrogens is 4. The van der Waals surface area contributed by atoms with Gasteiger partial charge < -0.3 is 4.57 Å². The first-order valence-corrected chi connectivity index (χ1v) is 14.7. The highest BCUT2D eigenvalue weighted by Crippen LogP contribution is 2.37. The maximum Gasteiger partial charge on any atom is 0.274 e. The van der Waals surface area contributed by atoms with Crippen LogP contribution < -0.4 is 4.72 Å². The van der Waals surface area contributed by atoms with Crippen molar-refractivity contribution in [3.05, 3.63) is 76.9 Å². The smallest absolute Gasteiger partial charge is 0.274 e. The lowest BCUT2D eigenvalue weighted by atomic mass is 9.95. The number of thiophene rings is 1. The van der Waals surface area contributed by atoms with Crippen LogP contribution in [0.5, 0.6) is 0 Å². The van der Waals surface area contributed by atoms with Gasteiger partial charge in [0.25, 0.3) is 10.0 Å². The minimum Gasteiger partial charge on any atom is -0.327 e. The van der Waals surface area contributed by atoms with Crippen LogP contribution in [0.3, 0.4) is 0 Å². The summed E-state index contributed by atoms with van der Waals surface area (Å²) in [5.74, 6) is 0.902. The van der Waals surface area contributed by atoms with Gasteiger partial charge in [-0.3, -0.25) is 4.79 Å². The molecule has 4 aromatic rings. The molecule has 4 rings (SSSR count). The average molecular weight is 563 g/mol. The van der Waals surface area contributed by atoms with Gasteiger partial charge in [0.1, 0.15) is 16.1 Å². The first-order valence-electron chi connectivity index (χ1n) is 12.4. The number of imidazole rings is 1. The summed E-state index contributed by atoms with van der Waals surface area (Å²) in [6.07, 6.45) is 6.69. The Hall–Kier alpha value is -3.88. The lowest BCUT2D eigenvalue weighted by Gasteiger charge is -2.19. The molecule has 0 bridgehead atoms. The predicted molar refractivity (Wildman–Crippen MR) is 151 cm³/mol. The topological polar surface area (TPSA) is 131 Å². The van der Waals surface area contributed by atoms with E-state index in [0.29, 0.717) is 29.0 Å². The average Bonchev–Trinajstić information content (AvgIpc) is 3.52. The van der Waals surface area contributed by atoms with Gasteiger partial charge in [0.15, 0.2) is 5.78 Å². The summed E-state index contributed by atoms with van der Waals surface area (Å²) in [4.78, 5) is 26.5. The van der Waals surface area contributed by atoms with Crippen molar-refractivity contribution in [3.8, 4) is 17.2 Å². The van der Waals surface area contributed by atoms with E-state index in [9.17, 15) is 13.2 Å². The van der Waals surface area contributed by atoms with E-state index in [0.717, 1.165) is 10.7 Å². The normalized spacial score (nSPS) is 11.9. The van der Waals surface area contributed by atoms with Gasteiger partial charge in [-0.2, -0.15) is 5.26 Å². The highest BCUT2D eigenvalue weighted by Gasteiger charge is 2.26. The van der Waals surface area contributed by atoms with Gasteiger partial charge in [-0.15, -0.1) is 11.3 Å². The zero-order valence-electron chi connectivity index (χ0n) is 22.5. The Morgan fingerprint density at radius 2 is 1.87 bits per heavy atom. The van der Waals surface area contributed by atoms with Crippen molar-refractivity contribution in [3.63, 3.8) is 0 Å². The number of nitrogens with zero attached hydrogens (tertiary/aromatic N) is 5. The molecule has 0 saturated heterocycles. The third-order valence-electron chi connectivity index (χ3n) is 5.80. The minimum absolute atomic E-state index is 0.105. The number of Topliss-reactive ketones (excluding diaryl/α,β-unsaturated/α-hetero) is 1. The summed E-state index contributed by atoms with van der Waals surface area (Å²) in [5.41, 5.74) is 1.61. The Kier molecular flexibility index (Phi) is 7.99. The highest BCUT2D eigenvalue weighted by atomic mass is 32.2. The van der Waals surface area contributed by atoms with Gasteiger partial charge >= 0.3 is 0 Å². The van der Waals surface area contributed by atoms with Crippen molar-refractivity contribution >= 4 is 33.1 Å². The Labute approximate surface area is 232 Å². The Balaban J connectivity index is 1.70. The third-order valence-corrected chi connectivity index (χ3v) is 8.82. The van der Waals surface area contributed by atoms with Crippen molar-refractivity contribution in [1.29, 1.82) is 5.26 Å². The van der Waals surface area contributed by atoms with Crippen LogP contribution in [0.1, 0.15) is 61.2 Å². The van der Waals surface area contributed by atoms with Crippen LogP contribution >= 0.6 is 11.3 Å². The van der Waals surface area contributed by atoms with E-state index in [2.05, 4.69) is 33.5 Å². The summed E-state index contributed by atoms with van der Waals surface area (Å²) in [7, 11) is -4.06. The van der Waals surface area contributed by atoms with Crippen molar-refractivity contribution in [1.82, 2.24) is 19.5 Å². The summed E-state index contributed by atoms with van der Waals surface area (Å²) >= 11 is 1.18. The van der Waals surface area contributed by atoms with Crippen molar-refractivity contribution in [2.45, 2.75) is 57.2 Å². The number of benzene rings is 1. The number of carbonyl (C=O) groups excluding carboxylic acids is 1. The molecule has 0 radical (unpaired) electrons. The first-order chi connectivity index (χ1) is 18.4. The van der Waals surface area contributed by atoms with Gasteiger partial charge in [0, 0.05) is 33.8 Å². The van der Waals surface area contributed by atoms with E-state index in [-0.39, 0.29) is 33.5 Å². The molecule has 3 heterocycles. The number of hydrogen-bond acceptors (Lipinski definition) is 8. The van der Waals surface area contributed by atoms with E-state index >= 15 is 0 Å². The van der Waals surface area contributed by atoms with Crippen LogP contribution in [0.2, 0.25) is 0 Å². The number of sulfonamides is 1. The molecule has 0 unspecified atom stereocenters. The van der Waals surface area contributed by atoms with Crippen LogP contribution in [0.4, 0.5) is 5.95 Å². The fourth-order valence-corrected chi connectivity index (χ4v) is 7.03. The van der Waals surface area contributed by atoms with Crippen molar-refractivity contribution in [2.24, 2.45) is 5.92 Å². The molecule has 0 aliphatic heterocycles. The Morgan fingerprint density at radius 3 is 2.51 bits per heavy atom. The predicted octanol–water partition coefficient (Wildman–Crippen LogP) is 5.45. The third kappa shape index (κ3) is 6.58. The number of carbonyl (C=O) groups is 1. The monoisotopic (exact) mass is 562 g/mol. The number of nitrogens with one attached hydrogen (secondary N) is 1. The number of nitriles is 1. The molecular formula is C28H30N6O3S2. The number of rotatable bonds is 9. The molecule has 0 amide bonds. The SMILES string of the molecule is CC(C)Cc1cc(-c2cccc(C(=O)Cn3ccnc3C(C)(C)C)c2)c(S(=O)(=O)Nc2ncc(C#N)cn2)s1. The summed E-state index contributed by atoms with van der Waals surface area (Å²) in [5, 5.41) is 8.96. The van der Waals surface area contributed by atoms with Gasteiger partial charge in [0.2, 0.25) is 5.95 Å². The lowest BCUT2D eigenvalue weighted by molar-refractivity contribution is 0.0970. The number of hydrogen-bond donors (Lipinski definition) is 1. The molecule has 11 heteroatoms. The molecule has 0 spiro atoms. The molecule has 0 atom stereocenters. The molecule has 1 aromatic carbocycles. The summed E-state index contributed by atoms with van der Waals surface area (Å²) in [6, 6.07) is 10.8. The second-order valence-electron chi connectivity index (χ2n) is 10.7. The molecule has 202 valence electrons. The van der Waals surface area contributed by atoms with E-state index in [1.807, 2.05) is 37.5 Å². The molecule has 39 heavy (non-hydrogen) atoms. The quantitative estimate of drug-likeness (QED) is 0.268. The summed E-state index contributed by atoms with van der Waals surface area (Å²) in [6.45, 7) is 10.4. The van der Waals surface area contributed by atoms with Gasteiger partial charge in [-0.25, -0.2) is 28.1 Å². The minimum atomic E-state index is -4.06. The van der Waals surface area contributed by atoms with Crippen molar-refractivity contribution < 1.29 is 13.2 Å². The molecule has 1 N–H and O–H groups in total. The van der Waals surface area contributed by atoms with E-state index < -0.39 is 10.0 Å². The number of ketones is 1. The molecular weight excluding hydrogens is 532 g/mol. The molecule has 0 saturated carbocycles. The lowest BCUT2D eigenvalue weighted by Crippen LogP contribution is -2.21. The molecule has 0 fully saturated rings. The molecule has 3 aromatic heterocycles. The molecule has 9 nitrogen and oxygen atoms in total. The maximum atomic E-state index is 13.5. The Bertz CT molecular complexity index is 1640. The van der Waals surface area contributed by atoms with E-state index in [1.165, 1.54) is 23.7 Å². The highest BCUT2D eigenvalue weighted by molar-refractivity contribution is 7.94. The van der Waals surface area contributed by atoms with Gasteiger partial charge in [-0.1, -0.05) is 52.8 Å². The van der Waals surface area contributed by atoms with Gasteiger partial charge in [-0.05, 0) is 30.0 Å². The fraction of sp³-hybridized carbons (Fsp3) is 0.321. The second kappa shape index (κ2) is 11.1. The first kappa shape index (κ1) is 28.1. The Morgan fingerprint density at radius 1 is 1.15 bits per heavy atom. The number of anilines is 1. The van der Waals surface area contributed by atoms with E-state index in [4.69, 9.17) is 5.26 Å². The standard InChI is InChI=1S/C28H30N6O3S2/c1-18(2)11-22-13-23(25(38-22)39(36,37)33-27-31-15-19(14-29)16-32-27)20-7-6-8-21(12-20)24(35)17-34-10-9-30-26(34)28(3,4)5/h6-10,12-13,15-16,18H,11,17H2,1-5H3,(H,31,32,33). The van der Waals surface area contributed by atoms with Crippen LogP contribution in [-0.2, 0) is 28.4 Å². The largest absolute Gasteiger partial charge is 0.327 e. The zero-order valence-corrected chi connectivity index (χ0v) is 24.1. The van der Waals surface area contributed by atoms with Crippen LogP contribution in [0.25, 0.3) is 11.1 Å². The van der Waals surface area contributed by atoms with Crippen LogP contribution in [-0.4, -0.2) is 33.7 Å². The summed E-state index contributed by atoms with van der Waals surface area (Å²) < 4.78 is 31.4. The fourth-order valence-electron chi connectivity index (χ4n) is 4.12. The molecule has 0 aliphatic rings. The van der Waals surface area contributed by atoms with Crippen molar-refractivity contribution in [2.75, 3.05) is 4.72 Å². The zero-order chi connectivity index (χ0) is 28.4. The van der Waals surface area contributed by atoms with Gasteiger partial charge in [0.05, 0.1) is 24.5 Å². The second-order valence-corrected chi connectivity index (χ2v) is 13.7.